The minimum atomic E-state index is -0.234. The van der Waals surface area contributed by atoms with Crippen LogP contribution in [-0.4, -0.2) is 47.1 Å². The summed E-state index contributed by atoms with van der Waals surface area (Å²) in [6.45, 7) is 6.98. The fourth-order valence-corrected chi connectivity index (χ4v) is 3.83. The van der Waals surface area contributed by atoms with Crippen LogP contribution in [0.1, 0.15) is 59.3 Å². The first-order valence-electron chi connectivity index (χ1n) is 9.13. The Morgan fingerprint density at radius 1 is 1.30 bits per heavy atom. The van der Waals surface area contributed by atoms with Crippen LogP contribution in [0.25, 0.3) is 0 Å². The van der Waals surface area contributed by atoms with E-state index >= 15 is 0 Å². The Hall–Kier alpha value is -1.10. The van der Waals surface area contributed by atoms with Crippen LogP contribution < -0.4 is 5.32 Å². The van der Waals surface area contributed by atoms with E-state index in [1.54, 1.807) is 0 Å². The Bertz CT molecular complexity index is 416. The van der Waals surface area contributed by atoms with Gasteiger partial charge < -0.3 is 15.3 Å². The standard InChI is InChI=1S/C18H32N2O3/c1-12(2)16(8-9-21)19-18(23)14-10-17(22)20(11-14)15-6-4-13(3)5-7-15/h12-16,21H,4-11H2,1-3H3,(H,19,23)/t13?,14-,15?,16+/m1/s1. The quantitative estimate of drug-likeness (QED) is 0.784. The molecule has 0 radical (unpaired) electrons. The smallest absolute Gasteiger partial charge is 0.225 e. The average Bonchev–Trinajstić information content (AvgIpc) is 2.89. The molecule has 132 valence electrons. The fraction of sp³-hybridized carbons (Fsp3) is 0.889. The van der Waals surface area contributed by atoms with Gasteiger partial charge in [0.15, 0.2) is 0 Å². The van der Waals surface area contributed by atoms with Gasteiger partial charge in [-0.3, -0.25) is 9.59 Å². The summed E-state index contributed by atoms with van der Waals surface area (Å²) >= 11 is 0. The molecule has 0 bridgehead atoms. The molecule has 5 heteroatoms. The van der Waals surface area contributed by atoms with Crippen LogP contribution in [-0.2, 0) is 9.59 Å². The van der Waals surface area contributed by atoms with E-state index in [2.05, 4.69) is 12.2 Å². The van der Waals surface area contributed by atoms with Crippen molar-refractivity contribution in [2.24, 2.45) is 17.8 Å². The highest BCUT2D eigenvalue weighted by Gasteiger charge is 2.39. The van der Waals surface area contributed by atoms with Gasteiger partial charge in [-0.25, -0.2) is 0 Å². The first-order chi connectivity index (χ1) is 10.9. The molecule has 1 aliphatic carbocycles. The van der Waals surface area contributed by atoms with E-state index in [1.807, 2.05) is 18.7 Å². The van der Waals surface area contributed by atoms with Gasteiger partial charge in [0.05, 0.1) is 5.92 Å². The molecule has 1 saturated heterocycles. The summed E-state index contributed by atoms with van der Waals surface area (Å²) in [7, 11) is 0. The van der Waals surface area contributed by atoms with Crippen LogP contribution in [0.2, 0.25) is 0 Å². The number of nitrogens with one attached hydrogen (secondary N) is 1. The zero-order valence-electron chi connectivity index (χ0n) is 14.8. The maximum Gasteiger partial charge on any atom is 0.225 e. The predicted octanol–water partition coefficient (Wildman–Crippen LogP) is 1.94. The molecule has 2 fully saturated rings. The lowest BCUT2D eigenvalue weighted by Crippen LogP contribution is -2.44. The minimum absolute atomic E-state index is 0.0211. The summed E-state index contributed by atoms with van der Waals surface area (Å²) in [6, 6.07) is 0.307. The number of carbonyl (C=O) groups excluding carboxylic acids is 2. The number of likely N-dealkylation sites (tertiary alicyclic amines) is 1. The van der Waals surface area contributed by atoms with E-state index in [0.29, 0.717) is 25.4 Å². The van der Waals surface area contributed by atoms with Gasteiger partial charge in [-0.1, -0.05) is 20.8 Å². The van der Waals surface area contributed by atoms with Crippen molar-refractivity contribution in [1.82, 2.24) is 10.2 Å². The van der Waals surface area contributed by atoms with Crippen molar-refractivity contribution in [2.75, 3.05) is 13.2 Å². The largest absolute Gasteiger partial charge is 0.396 e. The van der Waals surface area contributed by atoms with Gasteiger partial charge in [0.1, 0.15) is 0 Å². The van der Waals surface area contributed by atoms with E-state index < -0.39 is 0 Å². The lowest BCUT2D eigenvalue weighted by atomic mass is 9.86. The second-order valence-electron chi connectivity index (χ2n) is 7.73. The molecular weight excluding hydrogens is 292 g/mol. The molecule has 2 N–H and O–H groups in total. The zero-order valence-corrected chi connectivity index (χ0v) is 14.8. The molecule has 5 nitrogen and oxygen atoms in total. The number of aliphatic hydroxyl groups is 1. The first kappa shape index (κ1) is 18.2. The molecule has 2 atom stereocenters. The van der Waals surface area contributed by atoms with E-state index in [1.165, 1.54) is 12.8 Å². The number of nitrogens with zero attached hydrogens (tertiary/aromatic N) is 1. The fourth-order valence-electron chi connectivity index (χ4n) is 3.83. The van der Waals surface area contributed by atoms with E-state index in [4.69, 9.17) is 5.11 Å². The molecule has 1 aliphatic heterocycles. The van der Waals surface area contributed by atoms with Gasteiger partial charge in [0.25, 0.3) is 0 Å². The number of amides is 2. The molecule has 1 heterocycles. The van der Waals surface area contributed by atoms with Crippen molar-refractivity contribution in [3.05, 3.63) is 0 Å². The summed E-state index contributed by atoms with van der Waals surface area (Å²) < 4.78 is 0. The maximum atomic E-state index is 12.5. The Balaban J connectivity index is 1.89. The molecule has 0 aromatic carbocycles. The Kier molecular flexibility index (Phi) is 6.45. The van der Waals surface area contributed by atoms with Crippen LogP contribution >= 0.6 is 0 Å². The third kappa shape index (κ3) is 4.69. The molecule has 0 aromatic heterocycles. The van der Waals surface area contributed by atoms with Crippen molar-refractivity contribution >= 4 is 11.8 Å². The predicted molar refractivity (Wildman–Crippen MR) is 89.7 cm³/mol. The second-order valence-corrected chi connectivity index (χ2v) is 7.73. The topological polar surface area (TPSA) is 69.6 Å². The van der Waals surface area contributed by atoms with Crippen molar-refractivity contribution in [2.45, 2.75) is 71.4 Å². The van der Waals surface area contributed by atoms with Gasteiger partial charge in [-0.15, -0.1) is 0 Å². The molecule has 0 unspecified atom stereocenters. The summed E-state index contributed by atoms with van der Waals surface area (Å²) in [5, 5.41) is 12.2. The van der Waals surface area contributed by atoms with E-state index in [0.717, 1.165) is 18.8 Å². The number of carbonyl (C=O) groups is 2. The van der Waals surface area contributed by atoms with Gasteiger partial charge in [-0.2, -0.15) is 0 Å². The molecule has 1 saturated carbocycles. The van der Waals surface area contributed by atoms with Crippen LogP contribution in [0.15, 0.2) is 0 Å². The van der Waals surface area contributed by atoms with Crippen molar-refractivity contribution in [1.29, 1.82) is 0 Å². The molecule has 2 amide bonds. The third-order valence-corrected chi connectivity index (χ3v) is 5.53. The summed E-state index contributed by atoms with van der Waals surface area (Å²) in [6.07, 6.45) is 5.39. The highest BCUT2D eigenvalue weighted by molar-refractivity contribution is 5.89. The minimum Gasteiger partial charge on any atom is -0.396 e. The van der Waals surface area contributed by atoms with Crippen molar-refractivity contribution < 1.29 is 14.7 Å². The van der Waals surface area contributed by atoms with Crippen molar-refractivity contribution in [3.63, 3.8) is 0 Å². The monoisotopic (exact) mass is 324 g/mol. The number of aliphatic hydroxyl groups excluding tert-OH is 1. The SMILES string of the molecule is CC1CCC(N2C[C@H](C(=O)N[C@@H](CCO)C(C)C)CC2=O)CC1. The zero-order chi connectivity index (χ0) is 17.0. The maximum absolute atomic E-state index is 12.5. The normalized spacial score (nSPS) is 29.9. The van der Waals surface area contributed by atoms with Crippen LogP contribution in [0.5, 0.6) is 0 Å². The van der Waals surface area contributed by atoms with Gasteiger partial charge in [0, 0.05) is 31.7 Å². The Morgan fingerprint density at radius 2 is 1.96 bits per heavy atom. The molecule has 0 spiro atoms. The molecule has 0 aromatic rings. The molecule has 2 aliphatic rings. The van der Waals surface area contributed by atoms with Crippen LogP contribution in [0.4, 0.5) is 0 Å². The lowest BCUT2D eigenvalue weighted by Gasteiger charge is -2.33. The summed E-state index contributed by atoms with van der Waals surface area (Å²) in [5.41, 5.74) is 0. The van der Waals surface area contributed by atoms with Gasteiger partial charge in [-0.05, 0) is 43.9 Å². The number of hydrogen-bond donors (Lipinski definition) is 2. The molecule has 23 heavy (non-hydrogen) atoms. The lowest BCUT2D eigenvalue weighted by molar-refractivity contribution is -0.131. The Morgan fingerprint density at radius 3 is 2.52 bits per heavy atom. The average molecular weight is 324 g/mol. The van der Waals surface area contributed by atoms with E-state index in [9.17, 15) is 9.59 Å². The highest BCUT2D eigenvalue weighted by atomic mass is 16.3. The molecule has 2 rings (SSSR count). The van der Waals surface area contributed by atoms with E-state index in [-0.39, 0.29) is 36.3 Å². The molecular formula is C18H32N2O3. The Labute approximate surface area is 139 Å². The second kappa shape index (κ2) is 8.13. The van der Waals surface area contributed by atoms with Crippen molar-refractivity contribution in [3.8, 4) is 0 Å². The summed E-state index contributed by atoms with van der Waals surface area (Å²) in [5.74, 6) is 0.902. The van der Waals surface area contributed by atoms with Crippen LogP contribution in [0, 0.1) is 17.8 Å². The van der Waals surface area contributed by atoms with Gasteiger partial charge in [0.2, 0.25) is 11.8 Å². The highest BCUT2D eigenvalue weighted by Crippen LogP contribution is 2.31. The number of rotatable bonds is 6. The van der Waals surface area contributed by atoms with Gasteiger partial charge >= 0.3 is 0 Å². The third-order valence-electron chi connectivity index (χ3n) is 5.53. The number of hydrogen-bond acceptors (Lipinski definition) is 3. The first-order valence-corrected chi connectivity index (χ1v) is 9.13. The summed E-state index contributed by atoms with van der Waals surface area (Å²) in [4.78, 5) is 26.8. The van der Waals surface area contributed by atoms with Crippen LogP contribution in [0.3, 0.4) is 0 Å².